The summed E-state index contributed by atoms with van der Waals surface area (Å²) >= 11 is 0. The Kier molecular flexibility index (Phi) is 6.05. The van der Waals surface area contributed by atoms with Crippen LogP contribution in [-0.4, -0.2) is 43.0 Å². The molecular weight excluding hydrogens is 326 g/mol. The molecule has 7 heteroatoms. The minimum absolute atomic E-state index is 0.181. The predicted octanol–water partition coefficient (Wildman–Crippen LogP) is 1.58. The first-order valence-electron chi connectivity index (χ1n) is 7.56. The number of amides is 1. The maximum Gasteiger partial charge on any atom is 0.251 e. The predicted molar refractivity (Wildman–Crippen MR) is 93.0 cm³/mol. The van der Waals surface area contributed by atoms with Crippen LogP contribution in [0.1, 0.15) is 21.6 Å². The zero-order valence-electron chi connectivity index (χ0n) is 13.8. The number of benzene rings is 1. The summed E-state index contributed by atoms with van der Waals surface area (Å²) in [5.41, 5.74) is 2.22. The lowest BCUT2D eigenvalue weighted by Crippen LogP contribution is -2.37. The molecule has 1 aromatic carbocycles. The zero-order valence-corrected chi connectivity index (χ0v) is 14.6. The molecule has 128 valence electrons. The van der Waals surface area contributed by atoms with E-state index < -0.39 is 10.0 Å². The summed E-state index contributed by atoms with van der Waals surface area (Å²) in [6, 6.07) is 12.6. The average Bonchev–Trinajstić information content (AvgIpc) is 2.54. The molecule has 6 nitrogen and oxygen atoms in total. The van der Waals surface area contributed by atoms with Gasteiger partial charge in [-0.1, -0.05) is 23.8 Å². The summed E-state index contributed by atoms with van der Waals surface area (Å²) in [5.74, 6) is -0.218. The molecule has 0 fully saturated rings. The van der Waals surface area contributed by atoms with Crippen LogP contribution in [0.2, 0.25) is 0 Å². The molecule has 0 aliphatic heterocycles. The van der Waals surface area contributed by atoms with Gasteiger partial charge in [0.2, 0.25) is 10.0 Å². The van der Waals surface area contributed by atoms with Gasteiger partial charge in [-0.05, 0) is 31.2 Å². The van der Waals surface area contributed by atoms with Crippen LogP contribution < -0.4 is 5.32 Å². The number of aromatic nitrogens is 1. The summed E-state index contributed by atoms with van der Waals surface area (Å²) in [6.07, 6.45) is 2.77. The van der Waals surface area contributed by atoms with Crippen LogP contribution in [0.4, 0.5) is 0 Å². The number of aryl methyl sites for hydroxylation is 1. The van der Waals surface area contributed by atoms with Crippen molar-refractivity contribution >= 4 is 15.9 Å². The minimum atomic E-state index is -3.39. The first-order valence-corrected chi connectivity index (χ1v) is 9.41. The van der Waals surface area contributed by atoms with Gasteiger partial charge in [0.25, 0.3) is 5.91 Å². The van der Waals surface area contributed by atoms with Crippen LogP contribution in [0.3, 0.4) is 0 Å². The molecular formula is C17H21N3O3S. The highest BCUT2D eigenvalue weighted by molar-refractivity contribution is 7.88. The van der Waals surface area contributed by atoms with E-state index in [0.717, 1.165) is 11.8 Å². The Labute approximate surface area is 142 Å². The first-order chi connectivity index (χ1) is 11.4. The molecule has 1 heterocycles. The van der Waals surface area contributed by atoms with Crippen molar-refractivity contribution in [2.75, 3.05) is 19.3 Å². The standard InChI is InChI=1S/C17H21N3O3S/c1-14-6-5-7-15(12-14)17(21)19-10-11-20(24(2,22)23)13-16-8-3-4-9-18-16/h3-9,12H,10-11,13H2,1-2H3,(H,19,21). The van der Waals surface area contributed by atoms with E-state index in [1.54, 1.807) is 30.5 Å². The molecule has 1 amide bonds. The first kappa shape index (κ1) is 18.1. The van der Waals surface area contributed by atoms with E-state index in [2.05, 4.69) is 10.3 Å². The fraction of sp³-hybridized carbons (Fsp3) is 0.294. The molecule has 1 aromatic heterocycles. The van der Waals surface area contributed by atoms with Gasteiger partial charge in [-0.3, -0.25) is 9.78 Å². The highest BCUT2D eigenvalue weighted by atomic mass is 32.2. The molecule has 0 saturated carbocycles. The van der Waals surface area contributed by atoms with Crippen molar-refractivity contribution in [1.29, 1.82) is 0 Å². The molecule has 2 aromatic rings. The van der Waals surface area contributed by atoms with Crippen LogP contribution in [0.15, 0.2) is 48.7 Å². The maximum absolute atomic E-state index is 12.1. The van der Waals surface area contributed by atoms with Gasteiger partial charge in [0, 0.05) is 24.8 Å². The molecule has 0 unspecified atom stereocenters. The Morgan fingerprint density at radius 2 is 2.00 bits per heavy atom. The number of hydrogen-bond donors (Lipinski definition) is 1. The molecule has 0 atom stereocenters. The highest BCUT2D eigenvalue weighted by Crippen LogP contribution is 2.06. The van der Waals surface area contributed by atoms with E-state index in [1.807, 2.05) is 25.1 Å². The van der Waals surface area contributed by atoms with E-state index in [4.69, 9.17) is 0 Å². The van der Waals surface area contributed by atoms with Crippen molar-refractivity contribution in [1.82, 2.24) is 14.6 Å². The number of hydrogen-bond acceptors (Lipinski definition) is 4. The average molecular weight is 347 g/mol. The van der Waals surface area contributed by atoms with Crippen LogP contribution >= 0.6 is 0 Å². The number of pyridine rings is 1. The summed E-state index contributed by atoms with van der Waals surface area (Å²) in [6.45, 7) is 2.51. The molecule has 0 radical (unpaired) electrons. The topological polar surface area (TPSA) is 79.4 Å². The largest absolute Gasteiger partial charge is 0.351 e. The zero-order chi connectivity index (χ0) is 17.6. The summed E-state index contributed by atoms with van der Waals surface area (Å²) in [5, 5.41) is 2.75. The van der Waals surface area contributed by atoms with E-state index in [1.165, 1.54) is 4.31 Å². The second-order valence-electron chi connectivity index (χ2n) is 5.54. The highest BCUT2D eigenvalue weighted by Gasteiger charge is 2.17. The van der Waals surface area contributed by atoms with Crippen molar-refractivity contribution < 1.29 is 13.2 Å². The quantitative estimate of drug-likeness (QED) is 0.825. The van der Waals surface area contributed by atoms with Gasteiger partial charge < -0.3 is 5.32 Å². The lowest BCUT2D eigenvalue weighted by molar-refractivity contribution is 0.0951. The third-order valence-electron chi connectivity index (χ3n) is 3.46. The van der Waals surface area contributed by atoms with Crippen LogP contribution in [0, 0.1) is 6.92 Å². The van der Waals surface area contributed by atoms with Crippen LogP contribution in [0.25, 0.3) is 0 Å². The summed E-state index contributed by atoms with van der Waals surface area (Å²) in [4.78, 5) is 16.2. The van der Waals surface area contributed by atoms with Gasteiger partial charge in [0.1, 0.15) is 0 Å². The number of carbonyl (C=O) groups is 1. The Morgan fingerprint density at radius 1 is 1.21 bits per heavy atom. The smallest absolute Gasteiger partial charge is 0.251 e. The third-order valence-corrected chi connectivity index (χ3v) is 4.71. The molecule has 24 heavy (non-hydrogen) atoms. The number of carbonyl (C=O) groups excluding carboxylic acids is 1. The fourth-order valence-corrected chi connectivity index (χ4v) is 3.01. The van der Waals surface area contributed by atoms with Gasteiger partial charge in [-0.15, -0.1) is 0 Å². The second-order valence-corrected chi connectivity index (χ2v) is 7.53. The van der Waals surface area contributed by atoms with Crippen molar-refractivity contribution in [3.63, 3.8) is 0 Å². The molecule has 0 aliphatic carbocycles. The third kappa shape index (κ3) is 5.43. The Morgan fingerprint density at radius 3 is 2.62 bits per heavy atom. The van der Waals surface area contributed by atoms with Gasteiger partial charge in [-0.25, -0.2) is 8.42 Å². The maximum atomic E-state index is 12.1. The second kappa shape index (κ2) is 8.03. The Balaban J connectivity index is 1.95. The van der Waals surface area contributed by atoms with E-state index >= 15 is 0 Å². The van der Waals surface area contributed by atoms with E-state index in [-0.39, 0.29) is 25.5 Å². The van der Waals surface area contributed by atoms with Crippen LogP contribution in [-0.2, 0) is 16.6 Å². The monoisotopic (exact) mass is 347 g/mol. The van der Waals surface area contributed by atoms with Crippen molar-refractivity contribution in [3.8, 4) is 0 Å². The molecule has 2 rings (SSSR count). The van der Waals surface area contributed by atoms with Crippen molar-refractivity contribution in [2.24, 2.45) is 0 Å². The lowest BCUT2D eigenvalue weighted by Gasteiger charge is -2.19. The van der Waals surface area contributed by atoms with Gasteiger partial charge in [0.15, 0.2) is 0 Å². The number of nitrogens with one attached hydrogen (secondary N) is 1. The van der Waals surface area contributed by atoms with E-state index in [9.17, 15) is 13.2 Å². The number of nitrogens with zero attached hydrogens (tertiary/aromatic N) is 2. The van der Waals surface area contributed by atoms with Gasteiger partial charge in [0.05, 0.1) is 18.5 Å². The van der Waals surface area contributed by atoms with Crippen LogP contribution in [0.5, 0.6) is 0 Å². The van der Waals surface area contributed by atoms with Crippen molar-refractivity contribution in [2.45, 2.75) is 13.5 Å². The number of sulfonamides is 1. The fourth-order valence-electron chi connectivity index (χ4n) is 2.22. The summed E-state index contributed by atoms with van der Waals surface area (Å²) in [7, 11) is -3.39. The Bertz CT molecular complexity index is 792. The molecule has 0 bridgehead atoms. The molecule has 0 spiro atoms. The van der Waals surface area contributed by atoms with Gasteiger partial charge in [-0.2, -0.15) is 4.31 Å². The normalized spacial score (nSPS) is 11.5. The summed E-state index contributed by atoms with van der Waals surface area (Å²) < 4.78 is 25.1. The molecule has 0 saturated heterocycles. The molecule has 1 N–H and O–H groups in total. The Hall–Kier alpha value is -2.25. The lowest BCUT2D eigenvalue weighted by atomic mass is 10.1. The molecule has 0 aliphatic rings. The number of rotatable bonds is 7. The minimum Gasteiger partial charge on any atom is -0.351 e. The SMILES string of the molecule is Cc1cccc(C(=O)NCCN(Cc2ccccn2)S(C)(=O)=O)c1. The van der Waals surface area contributed by atoms with Gasteiger partial charge >= 0.3 is 0 Å². The van der Waals surface area contributed by atoms with Crippen molar-refractivity contribution in [3.05, 3.63) is 65.5 Å². The van der Waals surface area contributed by atoms with E-state index in [0.29, 0.717) is 11.3 Å².